The molecule has 2 aromatic rings. The van der Waals surface area contributed by atoms with E-state index < -0.39 is 40.7 Å². The third-order valence-electron chi connectivity index (χ3n) is 3.80. The Labute approximate surface area is 163 Å². The fourth-order valence-electron chi connectivity index (χ4n) is 2.41. The highest BCUT2D eigenvalue weighted by atomic mass is 19.4. The van der Waals surface area contributed by atoms with E-state index in [0.29, 0.717) is 0 Å². The zero-order valence-electron chi connectivity index (χ0n) is 15.1. The van der Waals surface area contributed by atoms with Crippen molar-refractivity contribution in [3.8, 4) is 0 Å². The summed E-state index contributed by atoms with van der Waals surface area (Å²) in [6.45, 7) is -0.508. The lowest BCUT2D eigenvalue weighted by Gasteiger charge is -2.17. The molecule has 2 aromatic carbocycles. The quantitative estimate of drug-likeness (QED) is 0.449. The molecule has 1 N–H and O–H groups in total. The van der Waals surface area contributed by atoms with E-state index in [1.807, 2.05) is 0 Å². The third kappa shape index (κ3) is 5.89. The van der Waals surface area contributed by atoms with Gasteiger partial charge in [-0.15, -0.1) is 0 Å². The van der Waals surface area contributed by atoms with Gasteiger partial charge < -0.3 is 10.2 Å². The first kappa shape index (κ1) is 21.6. The van der Waals surface area contributed by atoms with Crippen molar-refractivity contribution in [2.24, 2.45) is 0 Å². The summed E-state index contributed by atoms with van der Waals surface area (Å²) >= 11 is 0. The Bertz CT molecular complexity index is 958. The number of alkyl halides is 3. The number of carbonyl (C=O) groups excluding carboxylic acids is 2. The minimum absolute atomic E-state index is 0.194. The van der Waals surface area contributed by atoms with Gasteiger partial charge in [0.25, 0.3) is 5.69 Å². The van der Waals surface area contributed by atoms with E-state index in [4.69, 9.17) is 0 Å². The number of likely N-dealkylation sites (N-methyl/N-ethyl adjacent to an activating group) is 1. The van der Waals surface area contributed by atoms with E-state index in [1.54, 1.807) is 6.07 Å². The first-order valence-electron chi connectivity index (χ1n) is 8.22. The first-order chi connectivity index (χ1) is 13.6. The van der Waals surface area contributed by atoms with Gasteiger partial charge in [0.05, 0.1) is 28.3 Å². The van der Waals surface area contributed by atoms with Crippen molar-refractivity contribution >= 4 is 29.3 Å². The smallest absolute Gasteiger partial charge is 0.333 e. The van der Waals surface area contributed by atoms with Gasteiger partial charge >= 0.3 is 6.18 Å². The normalized spacial score (nSPS) is 11.3. The Morgan fingerprint density at radius 1 is 1.14 bits per heavy atom. The Morgan fingerprint density at radius 2 is 1.76 bits per heavy atom. The maximum Gasteiger partial charge on any atom is 0.418 e. The first-order valence-corrected chi connectivity index (χ1v) is 8.22. The number of hydrogen-bond donors (Lipinski definition) is 1. The summed E-state index contributed by atoms with van der Waals surface area (Å²) in [5, 5.41) is 13.1. The van der Waals surface area contributed by atoms with E-state index in [2.05, 4.69) is 5.32 Å². The lowest BCUT2D eigenvalue weighted by molar-refractivity contribution is -0.385. The molecule has 0 aliphatic carbocycles. The molecule has 10 heteroatoms. The molecule has 0 fully saturated rings. The molecule has 2 amide bonds. The monoisotopic (exact) mass is 407 g/mol. The molecule has 0 aliphatic rings. The fourth-order valence-corrected chi connectivity index (χ4v) is 2.41. The zero-order valence-corrected chi connectivity index (χ0v) is 15.1. The molecule has 0 radical (unpaired) electrons. The summed E-state index contributed by atoms with van der Waals surface area (Å²) in [6.07, 6.45) is -2.37. The number of carbonyl (C=O) groups is 2. The standard InChI is InChI=1S/C19H16F3N3O4/c1-24(18(27)11-10-13-6-2-5-9-16(13)25(28)29)12-17(26)23-15-8-4-3-7-14(15)19(20,21)22/h2-11H,12H2,1H3,(H,23,26)/b11-10+. The average molecular weight is 407 g/mol. The van der Waals surface area contributed by atoms with Crippen LogP contribution in [-0.4, -0.2) is 35.2 Å². The predicted octanol–water partition coefficient (Wildman–Crippen LogP) is 3.72. The minimum atomic E-state index is -4.64. The van der Waals surface area contributed by atoms with Gasteiger partial charge in [-0.1, -0.05) is 24.3 Å². The highest BCUT2D eigenvalue weighted by Crippen LogP contribution is 2.34. The molecular formula is C19H16F3N3O4. The van der Waals surface area contributed by atoms with Gasteiger partial charge in [0.15, 0.2) is 0 Å². The van der Waals surface area contributed by atoms with Crippen molar-refractivity contribution in [1.29, 1.82) is 0 Å². The van der Waals surface area contributed by atoms with E-state index in [-0.39, 0.29) is 11.3 Å². The van der Waals surface area contributed by atoms with Crippen LogP contribution in [0.3, 0.4) is 0 Å². The third-order valence-corrected chi connectivity index (χ3v) is 3.80. The lowest BCUT2D eigenvalue weighted by atomic mass is 10.1. The maximum absolute atomic E-state index is 13.0. The second-order valence-corrected chi connectivity index (χ2v) is 5.94. The molecule has 7 nitrogen and oxygen atoms in total. The van der Waals surface area contributed by atoms with Crippen LogP contribution in [0.15, 0.2) is 54.6 Å². The minimum Gasteiger partial charge on any atom is -0.333 e. The molecule has 2 rings (SSSR count). The molecule has 0 unspecified atom stereocenters. The molecule has 29 heavy (non-hydrogen) atoms. The van der Waals surface area contributed by atoms with Crippen LogP contribution < -0.4 is 5.32 Å². The summed E-state index contributed by atoms with van der Waals surface area (Å²) in [5.74, 6) is -1.47. The summed E-state index contributed by atoms with van der Waals surface area (Å²) in [6, 6.07) is 10.2. The van der Waals surface area contributed by atoms with Crippen molar-refractivity contribution in [2.45, 2.75) is 6.18 Å². The van der Waals surface area contributed by atoms with Crippen LogP contribution in [0.25, 0.3) is 6.08 Å². The number of amides is 2. The van der Waals surface area contributed by atoms with Gasteiger partial charge in [0.2, 0.25) is 11.8 Å². The number of hydrogen-bond acceptors (Lipinski definition) is 4. The van der Waals surface area contributed by atoms with E-state index in [1.165, 1.54) is 43.5 Å². The van der Waals surface area contributed by atoms with Gasteiger partial charge in [-0.3, -0.25) is 19.7 Å². The summed E-state index contributed by atoms with van der Waals surface area (Å²) < 4.78 is 38.9. The Hall–Kier alpha value is -3.69. The number of nitrogens with zero attached hydrogens (tertiary/aromatic N) is 2. The molecule has 0 atom stereocenters. The second kappa shape index (κ2) is 9.00. The number of halogens is 3. The van der Waals surface area contributed by atoms with E-state index in [9.17, 15) is 32.9 Å². The van der Waals surface area contributed by atoms with Gasteiger partial charge in [-0.05, 0) is 24.3 Å². The topological polar surface area (TPSA) is 92.6 Å². The lowest BCUT2D eigenvalue weighted by Crippen LogP contribution is -2.34. The molecule has 0 saturated heterocycles. The SMILES string of the molecule is CN(CC(=O)Nc1ccccc1C(F)(F)F)C(=O)/C=C/c1ccccc1[N+](=O)[O-]. The van der Waals surface area contributed by atoms with Gasteiger partial charge in [0.1, 0.15) is 0 Å². The molecule has 0 aliphatic heterocycles. The summed E-state index contributed by atoms with van der Waals surface area (Å²) in [4.78, 5) is 35.5. The largest absolute Gasteiger partial charge is 0.418 e. The predicted molar refractivity (Wildman–Crippen MR) is 99.8 cm³/mol. The van der Waals surface area contributed by atoms with Crippen LogP contribution in [0, 0.1) is 10.1 Å². The highest BCUT2D eigenvalue weighted by molar-refractivity contribution is 5.98. The Balaban J connectivity index is 2.04. The molecule has 0 spiro atoms. The van der Waals surface area contributed by atoms with Crippen molar-refractivity contribution in [3.63, 3.8) is 0 Å². The number of nitro benzene ring substituents is 1. The van der Waals surface area contributed by atoms with Crippen LogP contribution in [0.4, 0.5) is 24.5 Å². The van der Waals surface area contributed by atoms with Crippen LogP contribution in [-0.2, 0) is 15.8 Å². The maximum atomic E-state index is 13.0. The molecule has 0 saturated carbocycles. The molecule has 0 heterocycles. The number of nitrogens with one attached hydrogen (secondary N) is 1. The number of benzene rings is 2. The van der Waals surface area contributed by atoms with Gasteiger partial charge in [0, 0.05) is 19.2 Å². The number of anilines is 1. The Kier molecular flexibility index (Phi) is 6.71. The van der Waals surface area contributed by atoms with Crippen LogP contribution >= 0.6 is 0 Å². The fraction of sp³-hybridized carbons (Fsp3) is 0.158. The molecule has 0 bridgehead atoms. The Morgan fingerprint density at radius 3 is 2.41 bits per heavy atom. The van der Waals surface area contributed by atoms with E-state index >= 15 is 0 Å². The van der Waals surface area contributed by atoms with Crippen molar-refractivity contribution in [1.82, 2.24) is 4.90 Å². The molecule has 152 valence electrons. The summed E-state index contributed by atoms with van der Waals surface area (Å²) in [7, 11) is 1.28. The summed E-state index contributed by atoms with van der Waals surface area (Å²) in [5.41, 5.74) is -1.41. The number of rotatable bonds is 6. The van der Waals surface area contributed by atoms with Crippen LogP contribution in [0.1, 0.15) is 11.1 Å². The van der Waals surface area contributed by atoms with Crippen molar-refractivity contribution in [3.05, 3.63) is 75.8 Å². The van der Waals surface area contributed by atoms with Gasteiger partial charge in [-0.25, -0.2) is 0 Å². The van der Waals surface area contributed by atoms with Crippen LogP contribution in [0.2, 0.25) is 0 Å². The van der Waals surface area contributed by atoms with Gasteiger partial charge in [-0.2, -0.15) is 13.2 Å². The second-order valence-electron chi connectivity index (χ2n) is 5.94. The number of nitro groups is 1. The van der Waals surface area contributed by atoms with E-state index in [0.717, 1.165) is 23.1 Å². The van der Waals surface area contributed by atoms with Crippen molar-refractivity contribution in [2.75, 3.05) is 18.9 Å². The zero-order chi connectivity index (χ0) is 21.6. The van der Waals surface area contributed by atoms with Crippen LogP contribution in [0.5, 0.6) is 0 Å². The molecular weight excluding hydrogens is 391 g/mol. The highest BCUT2D eigenvalue weighted by Gasteiger charge is 2.33. The average Bonchev–Trinajstić information content (AvgIpc) is 2.65. The van der Waals surface area contributed by atoms with Crippen molar-refractivity contribution < 1.29 is 27.7 Å². The number of para-hydroxylation sites is 2. The molecule has 0 aromatic heterocycles.